The van der Waals surface area contributed by atoms with E-state index in [0.29, 0.717) is 32.1 Å². The number of anilines is 1. The Morgan fingerprint density at radius 3 is 2.48 bits per heavy atom. The molecule has 0 bridgehead atoms. The predicted molar refractivity (Wildman–Crippen MR) is 131 cm³/mol. The Kier molecular flexibility index (Phi) is 9.32. The second-order valence-electron chi connectivity index (χ2n) is 8.53. The van der Waals surface area contributed by atoms with Crippen LogP contribution in [0.5, 0.6) is 0 Å². The molecule has 9 heteroatoms. The van der Waals surface area contributed by atoms with Crippen LogP contribution in [0.15, 0.2) is 23.2 Å². The van der Waals surface area contributed by atoms with Gasteiger partial charge in [-0.15, -0.1) is 24.0 Å². The number of carbonyl (C=O) groups excluding carboxylic acids is 1. The van der Waals surface area contributed by atoms with Gasteiger partial charge in [0.2, 0.25) is 5.91 Å². The lowest BCUT2D eigenvalue weighted by Crippen LogP contribution is -2.46. The van der Waals surface area contributed by atoms with E-state index in [2.05, 4.69) is 10.6 Å². The highest BCUT2D eigenvalue weighted by Crippen LogP contribution is 2.39. The largest absolute Gasteiger partial charge is 0.365 e. The fraction of sp³-hybridized carbons (Fsp3) is 0.636. The summed E-state index contributed by atoms with van der Waals surface area (Å²) >= 11 is 0. The van der Waals surface area contributed by atoms with Gasteiger partial charge in [-0.1, -0.05) is 18.9 Å². The van der Waals surface area contributed by atoms with Gasteiger partial charge in [-0.05, 0) is 38.3 Å². The Labute approximate surface area is 200 Å². The topological polar surface area (TPSA) is 60.0 Å². The zero-order chi connectivity index (χ0) is 21.7. The summed E-state index contributed by atoms with van der Waals surface area (Å²) in [5.41, 5.74) is -0.394. The Hall–Kier alpha value is -1.65. The first-order valence-corrected chi connectivity index (χ1v) is 10.8. The van der Waals surface area contributed by atoms with E-state index in [0.717, 1.165) is 32.1 Å². The van der Waals surface area contributed by atoms with Crippen LogP contribution >= 0.6 is 24.0 Å². The molecule has 0 aromatic heterocycles. The number of amides is 1. The Morgan fingerprint density at radius 2 is 1.90 bits per heavy atom. The third-order valence-electron chi connectivity index (χ3n) is 6.09. The SMILES string of the molecule is CCNC(=NCC1(C(=O)N(C)C)CCCC1)NC1CCN(c2c(F)cccc2F)C1.I. The second-order valence-corrected chi connectivity index (χ2v) is 8.53. The fourth-order valence-electron chi connectivity index (χ4n) is 4.58. The predicted octanol–water partition coefficient (Wildman–Crippen LogP) is 3.37. The van der Waals surface area contributed by atoms with Gasteiger partial charge in [-0.2, -0.15) is 0 Å². The monoisotopic (exact) mass is 549 g/mol. The van der Waals surface area contributed by atoms with Gasteiger partial charge in [-0.25, -0.2) is 8.78 Å². The van der Waals surface area contributed by atoms with E-state index in [1.165, 1.54) is 18.2 Å². The number of aliphatic imine (C=N–C) groups is 1. The first-order chi connectivity index (χ1) is 14.4. The Balaban J connectivity index is 0.00000341. The van der Waals surface area contributed by atoms with E-state index in [4.69, 9.17) is 4.99 Å². The molecule has 2 aliphatic rings. The van der Waals surface area contributed by atoms with Crippen LogP contribution in [0.3, 0.4) is 0 Å². The molecule has 31 heavy (non-hydrogen) atoms. The van der Waals surface area contributed by atoms with E-state index in [9.17, 15) is 13.6 Å². The minimum absolute atomic E-state index is 0. The molecule has 6 nitrogen and oxygen atoms in total. The van der Waals surface area contributed by atoms with Gasteiger partial charge >= 0.3 is 0 Å². The molecule has 2 N–H and O–H groups in total. The lowest BCUT2D eigenvalue weighted by atomic mass is 9.85. The number of hydrogen-bond donors (Lipinski definition) is 2. The van der Waals surface area contributed by atoms with E-state index in [-0.39, 0.29) is 41.6 Å². The van der Waals surface area contributed by atoms with Crippen molar-refractivity contribution in [3.05, 3.63) is 29.8 Å². The van der Waals surface area contributed by atoms with E-state index >= 15 is 0 Å². The maximum atomic E-state index is 14.1. The molecule has 174 valence electrons. The van der Waals surface area contributed by atoms with Gasteiger partial charge in [-0.3, -0.25) is 9.79 Å². The van der Waals surface area contributed by atoms with E-state index in [1.54, 1.807) is 23.9 Å². The van der Waals surface area contributed by atoms with Gasteiger partial charge in [0.05, 0.1) is 12.0 Å². The molecule has 1 saturated carbocycles. The highest BCUT2D eigenvalue weighted by atomic mass is 127. The summed E-state index contributed by atoms with van der Waals surface area (Å²) in [4.78, 5) is 20.9. The molecular formula is C22H34F2IN5O. The van der Waals surface area contributed by atoms with Gasteiger partial charge in [0.15, 0.2) is 5.96 Å². The van der Waals surface area contributed by atoms with E-state index in [1.807, 2.05) is 6.92 Å². The summed E-state index contributed by atoms with van der Waals surface area (Å²) in [5.74, 6) is -0.291. The third-order valence-corrected chi connectivity index (χ3v) is 6.09. The zero-order valence-electron chi connectivity index (χ0n) is 18.6. The quantitative estimate of drug-likeness (QED) is 0.325. The minimum atomic E-state index is -0.540. The van der Waals surface area contributed by atoms with Crippen LogP contribution in [0, 0.1) is 17.0 Å². The molecule has 1 aromatic rings. The van der Waals surface area contributed by atoms with Crippen LogP contribution in [0.2, 0.25) is 0 Å². The number of benzene rings is 1. The molecule has 1 atom stereocenters. The average Bonchev–Trinajstić information content (AvgIpc) is 3.36. The van der Waals surface area contributed by atoms with Crippen molar-refractivity contribution in [2.24, 2.45) is 10.4 Å². The van der Waals surface area contributed by atoms with Crippen molar-refractivity contribution < 1.29 is 13.6 Å². The minimum Gasteiger partial charge on any atom is -0.365 e. The first kappa shape index (κ1) is 25.6. The van der Waals surface area contributed by atoms with Crippen LogP contribution in [0.25, 0.3) is 0 Å². The van der Waals surface area contributed by atoms with Crippen molar-refractivity contribution in [1.29, 1.82) is 0 Å². The van der Waals surface area contributed by atoms with Crippen molar-refractivity contribution in [2.45, 2.75) is 45.1 Å². The lowest BCUT2D eigenvalue weighted by Gasteiger charge is -2.29. The molecule has 1 amide bonds. The van der Waals surface area contributed by atoms with Crippen LogP contribution in [0.1, 0.15) is 39.0 Å². The van der Waals surface area contributed by atoms with Crippen molar-refractivity contribution in [1.82, 2.24) is 15.5 Å². The van der Waals surface area contributed by atoms with Crippen molar-refractivity contribution in [3.8, 4) is 0 Å². The molecule has 1 aliphatic heterocycles. The summed E-state index contributed by atoms with van der Waals surface area (Å²) in [6, 6.07) is 3.97. The molecule has 1 heterocycles. The van der Waals surface area contributed by atoms with Crippen LogP contribution in [-0.2, 0) is 4.79 Å². The highest BCUT2D eigenvalue weighted by Gasteiger charge is 2.42. The van der Waals surface area contributed by atoms with Crippen LogP contribution < -0.4 is 15.5 Å². The average molecular weight is 549 g/mol. The number of nitrogens with one attached hydrogen (secondary N) is 2. The number of nitrogens with zero attached hydrogens (tertiary/aromatic N) is 3. The number of para-hydroxylation sites is 1. The van der Waals surface area contributed by atoms with Crippen molar-refractivity contribution in [2.75, 3.05) is 45.2 Å². The maximum absolute atomic E-state index is 14.1. The fourth-order valence-corrected chi connectivity index (χ4v) is 4.58. The summed E-state index contributed by atoms with van der Waals surface area (Å²) in [5, 5.41) is 6.64. The van der Waals surface area contributed by atoms with Crippen LogP contribution in [-0.4, -0.2) is 63.1 Å². The zero-order valence-corrected chi connectivity index (χ0v) is 20.9. The lowest BCUT2D eigenvalue weighted by molar-refractivity contribution is -0.138. The van der Waals surface area contributed by atoms with Gasteiger partial charge in [0.1, 0.15) is 17.3 Å². The van der Waals surface area contributed by atoms with E-state index < -0.39 is 17.0 Å². The molecule has 1 aliphatic carbocycles. The summed E-state index contributed by atoms with van der Waals surface area (Å²) in [6.07, 6.45) is 4.56. The second kappa shape index (κ2) is 11.3. The molecule has 1 saturated heterocycles. The van der Waals surface area contributed by atoms with Gasteiger partial charge < -0.3 is 20.4 Å². The van der Waals surface area contributed by atoms with Crippen LogP contribution in [0.4, 0.5) is 14.5 Å². The molecule has 1 unspecified atom stereocenters. The number of rotatable bonds is 6. The Bertz CT molecular complexity index is 763. The number of carbonyl (C=O) groups is 1. The number of halogens is 3. The Morgan fingerprint density at radius 1 is 1.26 bits per heavy atom. The summed E-state index contributed by atoms with van der Waals surface area (Å²) < 4.78 is 28.2. The molecule has 2 fully saturated rings. The standard InChI is InChI=1S/C22H33F2N5O.HI/c1-4-25-21(26-15-22(11-5-6-12-22)20(30)28(2)3)27-16-10-13-29(14-16)19-17(23)8-7-9-18(19)24;/h7-9,16H,4-6,10-15H2,1-3H3,(H2,25,26,27);1H. The van der Waals surface area contributed by atoms with Crippen molar-refractivity contribution in [3.63, 3.8) is 0 Å². The number of hydrogen-bond acceptors (Lipinski definition) is 3. The third kappa shape index (κ3) is 5.98. The summed E-state index contributed by atoms with van der Waals surface area (Å²) in [7, 11) is 3.59. The molecular weight excluding hydrogens is 515 g/mol. The molecule has 0 radical (unpaired) electrons. The smallest absolute Gasteiger partial charge is 0.230 e. The maximum Gasteiger partial charge on any atom is 0.230 e. The highest BCUT2D eigenvalue weighted by molar-refractivity contribution is 14.0. The molecule has 0 spiro atoms. The first-order valence-electron chi connectivity index (χ1n) is 10.8. The van der Waals surface area contributed by atoms with Gasteiger partial charge in [0, 0.05) is 39.8 Å². The molecule has 3 rings (SSSR count). The normalized spacial score (nSPS) is 20.4. The molecule has 1 aromatic carbocycles. The van der Waals surface area contributed by atoms with Crippen molar-refractivity contribution >= 4 is 41.5 Å². The number of guanidine groups is 1. The summed E-state index contributed by atoms with van der Waals surface area (Å²) in [6.45, 7) is 4.18. The van der Waals surface area contributed by atoms with Gasteiger partial charge in [0.25, 0.3) is 0 Å².